The van der Waals surface area contributed by atoms with Gasteiger partial charge in [-0.05, 0) is 50.7 Å². The lowest BCUT2D eigenvalue weighted by Gasteiger charge is -2.24. The second-order valence-electron chi connectivity index (χ2n) is 6.20. The number of hydrogen-bond donors (Lipinski definition) is 1. The van der Waals surface area contributed by atoms with Crippen LogP contribution in [0.5, 0.6) is 0 Å². The third kappa shape index (κ3) is 3.12. The molecule has 4 nitrogen and oxygen atoms in total. The molecular formula is C16H22N2O2S. The van der Waals surface area contributed by atoms with Gasteiger partial charge >= 0.3 is 0 Å². The molecule has 1 aromatic carbocycles. The highest BCUT2D eigenvalue weighted by Crippen LogP contribution is 2.40. The molecule has 0 heterocycles. The fraction of sp³-hybridized carbons (Fsp3) is 0.562. The van der Waals surface area contributed by atoms with Gasteiger partial charge < -0.3 is 0 Å². The molecule has 5 heteroatoms. The number of aryl methyl sites for hydroxylation is 1. The van der Waals surface area contributed by atoms with Gasteiger partial charge in [0, 0.05) is 11.6 Å². The normalized spacial score (nSPS) is 27.6. The van der Waals surface area contributed by atoms with Crippen molar-refractivity contribution in [1.82, 2.24) is 4.83 Å². The van der Waals surface area contributed by atoms with E-state index < -0.39 is 10.0 Å². The maximum atomic E-state index is 12.2. The summed E-state index contributed by atoms with van der Waals surface area (Å²) >= 11 is 0. The van der Waals surface area contributed by atoms with Crippen molar-refractivity contribution >= 4 is 15.7 Å². The van der Waals surface area contributed by atoms with Crippen molar-refractivity contribution in [3.8, 4) is 0 Å². The molecule has 0 bridgehead atoms. The summed E-state index contributed by atoms with van der Waals surface area (Å²) in [5.41, 5.74) is 2.09. The Hall–Kier alpha value is -1.36. The minimum absolute atomic E-state index is 0.274. The molecule has 1 N–H and O–H groups in total. The van der Waals surface area contributed by atoms with Crippen molar-refractivity contribution in [2.75, 3.05) is 0 Å². The summed E-state index contributed by atoms with van der Waals surface area (Å²) in [7, 11) is -3.54. The summed E-state index contributed by atoms with van der Waals surface area (Å²) in [5.74, 6) is 1.22. The van der Waals surface area contributed by atoms with E-state index in [4.69, 9.17) is 0 Å². The molecule has 2 saturated carbocycles. The van der Waals surface area contributed by atoms with E-state index in [1.807, 2.05) is 6.92 Å². The zero-order valence-electron chi connectivity index (χ0n) is 12.4. The van der Waals surface area contributed by atoms with Crippen molar-refractivity contribution in [2.24, 2.45) is 16.9 Å². The highest BCUT2D eigenvalue weighted by Gasteiger charge is 2.34. The lowest BCUT2D eigenvalue weighted by molar-refractivity contribution is 0.317. The second kappa shape index (κ2) is 5.79. The van der Waals surface area contributed by atoms with Crippen LogP contribution in [0, 0.1) is 18.8 Å². The first-order valence-corrected chi connectivity index (χ1v) is 9.19. The quantitative estimate of drug-likeness (QED) is 0.872. The predicted octanol–water partition coefficient (Wildman–Crippen LogP) is 3.23. The van der Waals surface area contributed by atoms with Gasteiger partial charge in [-0.15, -0.1) is 0 Å². The van der Waals surface area contributed by atoms with Crippen LogP contribution in [0.1, 0.15) is 44.1 Å². The van der Waals surface area contributed by atoms with Gasteiger partial charge in [0.05, 0.1) is 4.90 Å². The van der Waals surface area contributed by atoms with Gasteiger partial charge in [-0.25, -0.2) is 4.83 Å². The molecule has 0 radical (unpaired) electrons. The second-order valence-corrected chi connectivity index (χ2v) is 7.86. The summed E-state index contributed by atoms with van der Waals surface area (Å²) in [6, 6.07) is 6.84. The number of rotatable bonds is 3. The molecule has 0 amide bonds. The lowest BCUT2D eigenvalue weighted by atomic mass is 9.81. The van der Waals surface area contributed by atoms with Crippen LogP contribution in [-0.4, -0.2) is 14.1 Å². The SMILES string of the molecule is Cc1ccc(S(=O)(=O)N/N=C2\CC[C@H]3CCCC[C@H]23)cc1. The van der Waals surface area contributed by atoms with Crippen LogP contribution in [0.3, 0.4) is 0 Å². The Labute approximate surface area is 126 Å². The van der Waals surface area contributed by atoms with Crippen LogP contribution in [-0.2, 0) is 10.0 Å². The van der Waals surface area contributed by atoms with Gasteiger partial charge in [-0.1, -0.05) is 30.5 Å². The summed E-state index contributed by atoms with van der Waals surface area (Å²) in [6.07, 6.45) is 7.08. The topological polar surface area (TPSA) is 58.5 Å². The molecule has 1 aromatic rings. The van der Waals surface area contributed by atoms with Gasteiger partial charge in [-0.2, -0.15) is 13.5 Å². The summed E-state index contributed by atoms with van der Waals surface area (Å²) in [4.78, 5) is 2.70. The maximum Gasteiger partial charge on any atom is 0.276 e. The molecule has 0 aromatic heterocycles. The van der Waals surface area contributed by atoms with Crippen LogP contribution in [0.15, 0.2) is 34.3 Å². The van der Waals surface area contributed by atoms with Crippen molar-refractivity contribution in [3.05, 3.63) is 29.8 Å². The number of hydrogen-bond acceptors (Lipinski definition) is 3. The first kappa shape index (κ1) is 14.6. The molecule has 2 atom stereocenters. The Bertz CT molecular complexity index is 635. The zero-order chi connectivity index (χ0) is 14.9. The molecule has 114 valence electrons. The number of benzene rings is 1. The van der Waals surface area contributed by atoms with Crippen LogP contribution in [0.2, 0.25) is 0 Å². The number of nitrogens with one attached hydrogen (secondary N) is 1. The van der Waals surface area contributed by atoms with Crippen molar-refractivity contribution in [3.63, 3.8) is 0 Å². The van der Waals surface area contributed by atoms with Crippen molar-refractivity contribution in [2.45, 2.75) is 50.3 Å². The molecule has 2 aliphatic rings. The van der Waals surface area contributed by atoms with Gasteiger partial charge in [0.2, 0.25) is 0 Å². The van der Waals surface area contributed by atoms with Crippen molar-refractivity contribution in [1.29, 1.82) is 0 Å². The first-order chi connectivity index (χ1) is 10.1. The first-order valence-electron chi connectivity index (χ1n) is 7.71. The van der Waals surface area contributed by atoms with Crippen LogP contribution in [0.25, 0.3) is 0 Å². The summed E-state index contributed by atoms with van der Waals surface area (Å²) in [5, 5.41) is 4.26. The van der Waals surface area contributed by atoms with Crippen LogP contribution >= 0.6 is 0 Å². The molecule has 0 aliphatic heterocycles. The number of hydrazone groups is 1. The predicted molar refractivity (Wildman–Crippen MR) is 83.6 cm³/mol. The molecule has 0 spiro atoms. The van der Waals surface area contributed by atoms with Crippen LogP contribution < -0.4 is 4.83 Å². The fourth-order valence-electron chi connectivity index (χ4n) is 3.54. The third-order valence-corrected chi connectivity index (χ3v) is 5.97. The zero-order valence-corrected chi connectivity index (χ0v) is 13.2. The summed E-state index contributed by atoms with van der Waals surface area (Å²) < 4.78 is 24.5. The highest BCUT2D eigenvalue weighted by molar-refractivity contribution is 7.89. The molecule has 0 saturated heterocycles. The van der Waals surface area contributed by atoms with E-state index in [0.717, 1.165) is 36.5 Å². The van der Waals surface area contributed by atoms with Gasteiger partial charge in [0.25, 0.3) is 10.0 Å². The average molecular weight is 306 g/mol. The summed E-state index contributed by atoms with van der Waals surface area (Å²) in [6.45, 7) is 1.94. The van der Waals surface area contributed by atoms with E-state index >= 15 is 0 Å². The van der Waals surface area contributed by atoms with E-state index in [1.165, 1.54) is 19.3 Å². The minimum Gasteiger partial charge on any atom is -0.200 e. The van der Waals surface area contributed by atoms with E-state index in [1.54, 1.807) is 24.3 Å². The molecule has 21 heavy (non-hydrogen) atoms. The average Bonchev–Trinajstić information content (AvgIpc) is 2.89. The van der Waals surface area contributed by atoms with Crippen LogP contribution in [0.4, 0.5) is 0 Å². The molecule has 2 fully saturated rings. The third-order valence-electron chi connectivity index (χ3n) is 4.75. The van der Waals surface area contributed by atoms with E-state index in [2.05, 4.69) is 9.93 Å². The monoisotopic (exact) mass is 306 g/mol. The highest BCUT2D eigenvalue weighted by atomic mass is 32.2. The van der Waals surface area contributed by atoms with Gasteiger partial charge in [0.1, 0.15) is 0 Å². The maximum absolute atomic E-state index is 12.2. The molecule has 2 aliphatic carbocycles. The Morgan fingerprint density at radius 2 is 1.81 bits per heavy atom. The molecule has 0 unspecified atom stereocenters. The Balaban J connectivity index is 1.74. The number of nitrogens with zero attached hydrogens (tertiary/aromatic N) is 1. The Kier molecular flexibility index (Phi) is 4.02. The Morgan fingerprint density at radius 1 is 1.10 bits per heavy atom. The van der Waals surface area contributed by atoms with E-state index in [-0.39, 0.29) is 4.90 Å². The Morgan fingerprint density at radius 3 is 2.57 bits per heavy atom. The molecular weight excluding hydrogens is 284 g/mol. The fourth-order valence-corrected chi connectivity index (χ4v) is 4.38. The minimum atomic E-state index is -3.54. The standard InChI is InChI=1S/C16H22N2O2S/c1-12-6-9-14(10-7-12)21(19,20)18-17-16-11-8-13-4-2-3-5-15(13)16/h6-7,9-10,13,15,18H,2-5,8,11H2,1H3/b17-16+/t13-,15+/m1/s1. The smallest absolute Gasteiger partial charge is 0.200 e. The lowest BCUT2D eigenvalue weighted by Crippen LogP contribution is -2.24. The largest absolute Gasteiger partial charge is 0.276 e. The van der Waals surface area contributed by atoms with E-state index in [9.17, 15) is 8.42 Å². The van der Waals surface area contributed by atoms with Gasteiger partial charge in [0.15, 0.2) is 0 Å². The molecule has 3 rings (SSSR count). The van der Waals surface area contributed by atoms with Crippen molar-refractivity contribution < 1.29 is 8.42 Å². The number of fused-ring (bicyclic) bond motifs is 1. The number of sulfonamides is 1. The van der Waals surface area contributed by atoms with Gasteiger partial charge in [-0.3, -0.25) is 0 Å². The van der Waals surface area contributed by atoms with E-state index in [0.29, 0.717) is 5.92 Å².